The molecular weight excluding hydrogens is 333 g/mol. The van der Waals surface area contributed by atoms with Crippen LogP contribution in [0.25, 0.3) is 0 Å². The van der Waals surface area contributed by atoms with Crippen molar-refractivity contribution in [2.24, 2.45) is 0 Å². The highest BCUT2D eigenvalue weighted by Gasteiger charge is 2.03. The number of nitrogens with one attached hydrogen (secondary N) is 1. The average molecular weight is 345 g/mol. The molecule has 0 spiro atoms. The Morgan fingerprint density at radius 3 is 2.56 bits per heavy atom. The van der Waals surface area contributed by atoms with Crippen LogP contribution in [-0.2, 0) is 6.54 Å². The van der Waals surface area contributed by atoms with E-state index < -0.39 is 0 Å². The van der Waals surface area contributed by atoms with Gasteiger partial charge < -0.3 is 5.32 Å². The molecule has 1 N–H and O–H groups in total. The van der Waals surface area contributed by atoms with Crippen LogP contribution in [0.15, 0.2) is 40.9 Å². The number of hydrogen-bond acceptors (Lipinski definition) is 1. The fourth-order valence-corrected chi connectivity index (χ4v) is 2.65. The summed E-state index contributed by atoms with van der Waals surface area (Å²) in [6, 6.07) is 11.7. The lowest BCUT2D eigenvalue weighted by Crippen LogP contribution is -2.01. The highest BCUT2D eigenvalue weighted by molar-refractivity contribution is 9.10. The van der Waals surface area contributed by atoms with Gasteiger partial charge in [0.25, 0.3) is 0 Å². The quantitative estimate of drug-likeness (QED) is 0.755. The van der Waals surface area contributed by atoms with Crippen LogP contribution in [0.1, 0.15) is 11.1 Å². The zero-order chi connectivity index (χ0) is 13.1. The van der Waals surface area contributed by atoms with Crippen LogP contribution >= 0.6 is 39.1 Å². The van der Waals surface area contributed by atoms with Crippen molar-refractivity contribution in [2.45, 2.75) is 13.5 Å². The zero-order valence-electron chi connectivity index (χ0n) is 9.81. The van der Waals surface area contributed by atoms with Gasteiger partial charge in [0.15, 0.2) is 0 Å². The van der Waals surface area contributed by atoms with Gasteiger partial charge in [-0.05, 0) is 48.4 Å². The molecule has 0 heterocycles. The number of aryl methyl sites for hydroxylation is 1. The van der Waals surface area contributed by atoms with Gasteiger partial charge in [-0.25, -0.2) is 0 Å². The minimum absolute atomic E-state index is 0.705. The van der Waals surface area contributed by atoms with Crippen molar-refractivity contribution in [3.05, 3.63) is 62.0 Å². The van der Waals surface area contributed by atoms with Crippen LogP contribution < -0.4 is 5.32 Å². The molecule has 2 rings (SSSR count). The topological polar surface area (TPSA) is 12.0 Å². The second-order valence-corrected chi connectivity index (χ2v) is 5.81. The molecule has 0 saturated heterocycles. The fourth-order valence-electron chi connectivity index (χ4n) is 1.68. The maximum atomic E-state index is 6.15. The summed E-state index contributed by atoms with van der Waals surface area (Å²) < 4.78 is 0.973. The van der Waals surface area contributed by atoms with Gasteiger partial charge in [0.1, 0.15) is 0 Å². The Kier molecular flexibility index (Phi) is 4.55. The van der Waals surface area contributed by atoms with E-state index in [2.05, 4.69) is 21.2 Å². The van der Waals surface area contributed by atoms with E-state index in [1.165, 1.54) is 11.1 Å². The molecule has 94 valence electrons. The monoisotopic (exact) mass is 343 g/mol. The van der Waals surface area contributed by atoms with Gasteiger partial charge in [0, 0.05) is 16.0 Å². The van der Waals surface area contributed by atoms with Crippen molar-refractivity contribution in [3.63, 3.8) is 0 Å². The summed E-state index contributed by atoms with van der Waals surface area (Å²) in [6.45, 7) is 2.77. The van der Waals surface area contributed by atoms with E-state index in [1.54, 1.807) is 0 Å². The van der Waals surface area contributed by atoms with Crippen LogP contribution in [0.3, 0.4) is 0 Å². The molecule has 0 aliphatic rings. The summed E-state index contributed by atoms with van der Waals surface area (Å²) in [7, 11) is 0. The minimum atomic E-state index is 0.705. The Bertz CT molecular complexity index is 518. The molecule has 4 heteroatoms. The third kappa shape index (κ3) is 3.41. The maximum Gasteiger partial charge on any atom is 0.0648 e. The summed E-state index contributed by atoms with van der Waals surface area (Å²) in [5, 5.41) is 4.79. The largest absolute Gasteiger partial charge is 0.380 e. The second kappa shape index (κ2) is 5.96. The predicted molar refractivity (Wildman–Crippen MR) is 82.7 cm³/mol. The first-order valence-electron chi connectivity index (χ1n) is 5.50. The molecule has 0 aliphatic carbocycles. The molecule has 0 fully saturated rings. The highest BCUT2D eigenvalue weighted by Crippen LogP contribution is 2.26. The molecule has 0 bridgehead atoms. The SMILES string of the molecule is Cc1cc(Cl)ccc1CNc1ccc(Br)cc1Cl. The lowest BCUT2D eigenvalue weighted by molar-refractivity contribution is 1.12. The maximum absolute atomic E-state index is 6.15. The molecule has 18 heavy (non-hydrogen) atoms. The van der Waals surface area contributed by atoms with Crippen LogP contribution in [0.5, 0.6) is 0 Å². The Balaban J connectivity index is 2.11. The lowest BCUT2D eigenvalue weighted by atomic mass is 10.1. The number of benzene rings is 2. The van der Waals surface area contributed by atoms with E-state index in [-0.39, 0.29) is 0 Å². The number of rotatable bonds is 3. The Hall–Kier alpha value is -0.700. The van der Waals surface area contributed by atoms with Gasteiger partial charge in [0.05, 0.1) is 10.7 Å². The average Bonchev–Trinajstić information content (AvgIpc) is 2.30. The van der Waals surface area contributed by atoms with Crippen molar-refractivity contribution in [3.8, 4) is 0 Å². The summed E-state index contributed by atoms with van der Waals surface area (Å²) >= 11 is 15.5. The predicted octanol–water partition coefficient (Wildman–Crippen LogP) is 5.68. The van der Waals surface area contributed by atoms with Gasteiger partial charge >= 0.3 is 0 Å². The second-order valence-electron chi connectivity index (χ2n) is 4.05. The molecular formula is C14H12BrCl2N. The highest BCUT2D eigenvalue weighted by atomic mass is 79.9. The summed E-state index contributed by atoms with van der Waals surface area (Å²) in [5.41, 5.74) is 3.30. The molecule has 0 atom stereocenters. The van der Waals surface area contributed by atoms with Crippen LogP contribution in [0, 0.1) is 6.92 Å². The first kappa shape index (κ1) is 13.7. The zero-order valence-corrected chi connectivity index (χ0v) is 12.9. The van der Waals surface area contributed by atoms with E-state index in [0.29, 0.717) is 5.02 Å². The Labute approximate surface area is 125 Å². The number of anilines is 1. The third-order valence-electron chi connectivity index (χ3n) is 2.71. The van der Waals surface area contributed by atoms with E-state index in [9.17, 15) is 0 Å². The van der Waals surface area contributed by atoms with Gasteiger partial charge in [-0.3, -0.25) is 0 Å². The van der Waals surface area contributed by atoms with Gasteiger partial charge in [-0.15, -0.1) is 0 Å². The Morgan fingerprint density at radius 1 is 1.11 bits per heavy atom. The van der Waals surface area contributed by atoms with Crippen LogP contribution in [0.4, 0.5) is 5.69 Å². The van der Waals surface area contributed by atoms with E-state index in [0.717, 1.165) is 21.7 Å². The van der Waals surface area contributed by atoms with Gasteiger partial charge in [-0.2, -0.15) is 0 Å². The summed E-state index contributed by atoms with van der Waals surface area (Å²) in [5.74, 6) is 0. The molecule has 2 aromatic carbocycles. The molecule has 0 aromatic heterocycles. The molecule has 0 amide bonds. The summed E-state index contributed by atoms with van der Waals surface area (Å²) in [6.07, 6.45) is 0. The first-order chi connectivity index (χ1) is 8.56. The normalized spacial score (nSPS) is 10.4. The molecule has 0 unspecified atom stereocenters. The standard InChI is InChI=1S/C14H12BrCl2N/c1-9-6-12(16)4-2-10(9)8-18-14-5-3-11(15)7-13(14)17/h2-7,18H,8H2,1H3. The summed E-state index contributed by atoms with van der Waals surface area (Å²) in [4.78, 5) is 0. The fraction of sp³-hybridized carbons (Fsp3) is 0.143. The van der Waals surface area contributed by atoms with Crippen molar-refractivity contribution >= 4 is 44.8 Å². The van der Waals surface area contributed by atoms with Crippen molar-refractivity contribution in [2.75, 3.05) is 5.32 Å². The lowest BCUT2D eigenvalue weighted by Gasteiger charge is -2.11. The molecule has 2 aromatic rings. The smallest absolute Gasteiger partial charge is 0.0648 e. The molecule has 1 nitrogen and oxygen atoms in total. The molecule has 0 aliphatic heterocycles. The van der Waals surface area contributed by atoms with Crippen molar-refractivity contribution < 1.29 is 0 Å². The number of halogens is 3. The van der Waals surface area contributed by atoms with E-state index >= 15 is 0 Å². The number of hydrogen-bond donors (Lipinski definition) is 1. The molecule has 0 saturated carbocycles. The van der Waals surface area contributed by atoms with E-state index in [4.69, 9.17) is 23.2 Å². The Morgan fingerprint density at radius 2 is 1.89 bits per heavy atom. The third-order valence-corrected chi connectivity index (χ3v) is 3.75. The van der Waals surface area contributed by atoms with E-state index in [1.807, 2.05) is 43.3 Å². The minimum Gasteiger partial charge on any atom is -0.380 e. The first-order valence-corrected chi connectivity index (χ1v) is 7.05. The van der Waals surface area contributed by atoms with Crippen LogP contribution in [0.2, 0.25) is 10.0 Å². The van der Waals surface area contributed by atoms with Gasteiger partial charge in [-0.1, -0.05) is 45.2 Å². The van der Waals surface area contributed by atoms with Crippen molar-refractivity contribution in [1.82, 2.24) is 0 Å². The van der Waals surface area contributed by atoms with Crippen LogP contribution in [-0.4, -0.2) is 0 Å². The van der Waals surface area contributed by atoms with Crippen molar-refractivity contribution in [1.29, 1.82) is 0 Å². The molecule has 0 radical (unpaired) electrons. The van der Waals surface area contributed by atoms with Gasteiger partial charge in [0.2, 0.25) is 0 Å².